The molecule has 3 saturated carbocycles. The number of nitrogens with one attached hydrogen (secondary N) is 1. The fourth-order valence-corrected chi connectivity index (χ4v) is 13.1. The van der Waals surface area contributed by atoms with Crippen LogP contribution in [0.4, 0.5) is 5.82 Å². The van der Waals surface area contributed by atoms with Crippen LogP contribution in [0.2, 0.25) is 0 Å². The number of aliphatic carboxylic acids is 1. The number of pyridine rings is 1. The van der Waals surface area contributed by atoms with Gasteiger partial charge in [-0.05, 0) is 119 Å². The zero-order valence-corrected chi connectivity index (χ0v) is 28.8. The van der Waals surface area contributed by atoms with Crippen molar-refractivity contribution in [2.45, 2.75) is 105 Å². The smallest absolute Gasteiger partial charge is 0.306 e. The van der Waals surface area contributed by atoms with Crippen molar-refractivity contribution in [2.75, 3.05) is 5.73 Å². The number of fused-ring (bicyclic) bond motifs is 9. The number of nitrogens with two attached hydrogens (primary N) is 1. The van der Waals surface area contributed by atoms with Crippen molar-refractivity contribution in [3.05, 3.63) is 59.1 Å². The Balaban J connectivity index is 1.40. The highest BCUT2D eigenvalue weighted by molar-refractivity contribution is 5.94. The van der Waals surface area contributed by atoms with Crippen LogP contribution in [0.1, 0.15) is 110 Å². The zero-order chi connectivity index (χ0) is 32.6. The summed E-state index contributed by atoms with van der Waals surface area (Å²) in [6.07, 6.45) is 12.1. The normalized spacial score (nSPS) is 39.1. The number of hydrogen-bond acceptors (Lipinski definition) is 4. The molecule has 6 nitrogen and oxygen atoms in total. The van der Waals surface area contributed by atoms with E-state index in [1.54, 1.807) is 5.57 Å². The zero-order valence-electron chi connectivity index (χ0n) is 28.8. The Kier molecular flexibility index (Phi) is 6.22. The highest BCUT2D eigenvalue weighted by Crippen LogP contribution is 2.76. The van der Waals surface area contributed by atoms with Crippen LogP contribution < -0.4 is 5.73 Å². The van der Waals surface area contributed by atoms with Crippen LogP contribution in [0.15, 0.2) is 42.2 Å². The number of carboxylic acids is 1. The summed E-state index contributed by atoms with van der Waals surface area (Å²) in [4.78, 5) is 17.4. The third-order valence-electron chi connectivity index (χ3n) is 15.1. The minimum Gasteiger partial charge on any atom is -0.481 e. The molecule has 0 radical (unpaired) electrons. The summed E-state index contributed by atoms with van der Waals surface area (Å²) in [7, 11) is 0. The van der Waals surface area contributed by atoms with E-state index in [9.17, 15) is 9.90 Å². The molecule has 5 aliphatic rings. The summed E-state index contributed by atoms with van der Waals surface area (Å²) in [6.45, 7) is 17.3. The number of aromatic amines is 1. The van der Waals surface area contributed by atoms with Crippen molar-refractivity contribution in [3.63, 3.8) is 0 Å². The first-order valence-electron chi connectivity index (χ1n) is 17.7. The van der Waals surface area contributed by atoms with Gasteiger partial charge in [-0.1, -0.05) is 72.2 Å². The molecule has 2 heterocycles. The van der Waals surface area contributed by atoms with E-state index in [1.165, 1.54) is 46.0 Å². The van der Waals surface area contributed by atoms with E-state index in [4.69, 9.17) is 10.8 Å². The summed E-state index contributed by atoms with van der Waals surface area (Å²) >= 11 is 0. The van der Waals surface area contributed by atoms with Crippen molar-refractivity contribution in [1.29, 1.82) is 0 Å². The van der Waals surface area contributed by atoms with E-state index < -0.39 is 5.97 Å². The minimum absolute atomic E-state index is 0.0206. The molecule has 2 aromatic heterocycles. The number of H-pyrrole nitrogens is 1. The molecule has 0 spiro atoms. The van der Waals surface area contributed by atoms with Crippen LogP contribution >= 0.6 is 0 Å². The van der Waals surface area contributed by atoms with E-state index in [1.807, 2.05) is 12.4 Å². The second-order valence-electron chi connectivity index (χ2n) is 18.1. The molecule has 0 saturated heterocycles. The molecule has 3 fully saturated rings. The summed E-state index contributed by atoms with van der Waals surface area (Å²) in [5.74, 6) is 1.26. The Morgan fingerprint density at radius 1 is 1.00 bits per heavy atom. The molecule has 6 heteroatoms. The predicted octanol–water partition coefficient (Wildman–Crippen LogP) is 8.82. The van der Waals surface area contributed by atoms with Crippen LogP contribution in [-0.2, 0) is 16.6 Å². The first kappa shape index (κ1) is 30.2. The number of nitrogen functional groups attached to an aromatic ring is 1. The van der Waals surface area contributed by atoms with Crippen molar-refractivity contribution in [2.24, 2.45) is 51.2 Å². The van der Waals surface area contributed by atoms with Crippen molar-refractivity contribution in [1.82, 2.24) is 15.2 Å². The van der Waals surface area contributed by atoms with Gasteiger partial charge in [-0.2, -0.15) is 5.10 Å². The second-order valence-corrected chi connectivity index (χ2v) is 18.1. The lowest BCUT2D eigenvalue weighted by atomic mass is 9.33. The van der Waals surface area contributed by atoms with Gasteiger partial charge in [-0.15, -0.1) is 0 Å². The van der Waals surface area contributed by atoms with Gasteiger partial charge in [0.1, 0.15) is 5.82 Å². The number of carboxylic acid groups (broad SMARTS) is 1. The van der Waals surface area contributed by atoms with E-state index in [0.717, 1.165) is 44.3 Å². The third kappa shape index (κ3) is 3.79. The van der Waals surface area contributed by atoms with Gasteiger partial charge in [-0.3, -0.25) is 14.9 Å². The number of aromatic nitrogens is 3. The minimum atomic E-state index is -0.601. The van der Waals surface area contributed by atoms with Crippen molar-refractivity contribution in [3.8, 4) is 0 Å². The second kappa shape index (κ2) is 9.48. The standard InChI is InChI=1S/C40H52N4O2/c1-36(2)18-27-25(28(19-36)35(45)46)11-14-40(7)32(27)26(24-10-8-9-22-21-42-16-13-23(22)24)17-31-38(5)20-29-33(43-44-34(29)41)37(3,4)30(38)12-15-39(31,40)6/h8-10,13,16,21,25,27-28,30-31H,11-12,14-15,17-20H2,1-7H3,(H,45,46)(H3,41,43,44)/t25-,27?,28+,30?,31?,38-,39+,40+/m0/s1. The number of rotatable bonds is 2. The largest absolute Gasteiger partial charge is 0.481 e. The fourth-order valence-electron chi connectivity index (χ4n) is 13.1. The first-order valence-corrected chi connectivity index (χ1v) is 17.7. The molecule has 8 atom stereocenters. The SMILES string of the molecule is CC1(C)CC2C3=C(c4cccc5cnccc45)CC4[C@@]5(C)Cc6c(n[nH]c6N)C(C)(C)C5CC[C@@]4(C)[C@]3(C)CC[C@@H]2[C@H](C(=O)O)C1. The number of hydrogen-bond donors (Lipinski definition) is 3. The molecule has 0 aliphatic heterocycles. The molecular formula is C40H52N4O2. The van der Waals surface area contributed by atoms with Crippen LogP contribution in [0, 0.1) is 51.2 Å². The highest BCUT2D eigenvalue weighted by Gasteiger charge is 2.68. The lowest BCUT2D eigenvalue weighted by molar-refractivity contribution is -0.161. The Bertz CT molecular complexity index is 1800. The van der Waals surface area contributed by atoms with Gasteiger partial charge in [0.2, 0.25) is 0 Å². The van der Waals surface area contributed by atoms with Gasteiger partial charge in [-0.25, -0.2) is 0 Å². The first-order chi connectivity index (χ1) is 21.6. The predicted molar refractivity (Wildman–Crippen MR) is 184 cm³/mol. The van der Waals surface area contributed by atoms with E-state index in [-0.39, 0.29) is 44.8 Å². The average Bonchev–Trinajstić information content (AvgIpc) is 3.36. The van der Waals surface area contributed by atoms with Gasteiger partial charge in [0.25, 0.3) is 0 Å². The maximum absolute atomic E-state index is 12.9. The molecule has 244 valence electrons. The molecule has 1 aromatic carbocycles. The molecule has 46 heavy (non-hydrogen) atoms. The summed E-state index contributed by atoms with van der Waals surface area (Å²) < 4.78 is 0. The Labute approximate surface area is 274 Å². The van der Waals surface area contributed by atoms with E-state index in [0.29, 0.717) is 11.8 Å². The lowest BCUT2D eigenvalue weighted by Gasteiger charge is -2.70. The molecule has 3 aromatic rings. The number of carbonyl (C=O) groups is 1. The monoisotopic (exact) mass is 620 g/mol. The topological polar surface area (TPSA) is 105 Å². The van der Waals surface area contributed by atoms with E-state index in [2.05, 4.69) is 82.8 Å². The van der Waals surface area contributed by atoms with E-state index >= 15 is 0 Å². The molecular weight excluding hydrogens is 568 g/mol. The number of anilines is 1. The lowest BCUT2D eigenvalue weighted by Crippen LogP contribution is -2.64. The Morgan fingerprint density at radius 2 is 1.78 bits per heavy atom. The Morgan fingerprint density at radius 3 is 2.54 bits per heavy atom. The summed E-state index contributed by atoms with van der Waals surface area (Å²) in [5.41, 5.74) is 13.5. The maximum Gasteiger partial charge on any atom is 0.306 e. The van der Waals surface area contributed by atoms with Gasteiger partial charge in [0.05, 0.1) is 11.6 Å². The molecule has 3 unspecified atom stereocenters. The van der Waals surface area contributed by atoms with Gasteiger partial charge in [0.15, 0.2) is 0 Å². The van der Waals surface area contributed by atoms with Crippen molar-refractivity contribution < 1.29 is 9.90 Å². The maximum atomic E-state index is 12.9. The number of benzene rings is 1. The van der Waals surface area contributed by atoms with Crippen LogP contribution in [0.5, 0.6) is 0 Å². The quantitative estimate of drug-likeness (QED) is 0.266. The molecule has 5 aliphatic carbocycles. The molecule has 8 rings (SSSR count). The Hall–Kier alpha value is -3.15. The third-order valence-corrected chi connectivity index (χ3v) is 15.1. The van der Waals surface area contributed by atoms with Gasteiger partial charge < -0.3 is 10.8 Å². The average molecular weight is 621 g/mol. The van der Waals surface area contributed by atoms with Gasteiger partial charge >= 0.3 is 5.97 Å². The highest BCUT2D eigenvalue weighted by atomic mass is 16.4. The molecule has 0 amide bonds. The van der Waals surface area contributed by atoms with Crippen LogP contribution in [0.25, 0.3) is 16.3 Å². The van der Waals surface area contributed by atoms with Gasteiger partial charge in [0, 0.05) is 28.8 Å². The fraction of sp³-hybridized carbons (Fsp3) is 0.625. The molecule has 0 bridgehead atoms. The number of allylic oxidation sites excluding steroid dienone is 2. The summed E-state index contributed by atoms with van der Waals surface area (Å²) in [6, 6.07) is 8.93. The van der Waals surface area contributed by atoms with Crippen LogP contribution in [0.3, 0.4) is 0 Å². The molecule has 4 N–H and O–H groups in total. The van der Waals surface area contributed by atoms with Crippen LogP contribution in [-0.4, -0.2) is 26.3 Å². The van der Waals surface area contributed by atoms with Crippen molar-refractivity contribution >= 4 is 28.1 Å². The summed E-state index contributed by atoms with van der Waals surface area (Å²) in [5, 5.41) is 21.0. The number of nitrogens with zero attached hydrogens (tertiary/aromatic N) is 2.